The van der Waals surface area contributed by atoms with Gasteiger partial charge in [0.05, 0.1) is 11.0 Å². The third-order valence-electron chi connectivity index (χ3n) is 7.44. The van der Waals surface area contributed by atoms with Crippen molar-refractivity contribution in [1.82, 2.24) is 0 Å². The molecular weight excluding hydrogens is 360 g/mol. The van der Waals surface area contributed by atoms with Gasteiger partial charge < -0.3 is 4.90 Å². The molecule has 2 heterocycles. The molecule has 0 radical (unpaired) electrons. The van der Waals surface area contributed by atoms with E-state index in [1.54, 1.807) is 12.1 Å². The predicted molar refractivity (Wildman–Crippen MR) is 114 cm³/mol. The Hall–Kier alpha value is -2.88. The van der Waals surface area contributed by atoms with Crippen LogP contribution in [0.15, 0.2) is 60.7 Å². The van der Waals surface area contributed by atoms with Gasteiger partial charge in [0.15, 0.2) is 0 Å². The highest BCUT2D eigenvalue weighted by Crippen LogP contribution is 2.58. The monoisotopic (exact) mass is 384 g/mol. The normalized spacial score (nSPS) is 30.8. The summed E-state index contributed by atoms with van der Waals surface area (Å²) in [4.78, 5) is 13.5. The van der Waals surface area contributed by atoms with E-state index in [0.717, 1.165) is 19.4 Å². The van der Waals surface area contributed by atoms with Gasteiger partial charge in [0.2, 0.25) is 0 Å². The van der Waals surface area contributed by atoms with Crippen LogP contribution in [-0.2, 0) is 0 Å². The van der Waals surface area contributed by atoms with Gasteiger partial charge >= 0.3 is 0 Å². The van der Waals surface area contributed by atoms with E-state index in [2.05, 4.69) is 48.3 Å². The largest absolute Gasteiger partial charge is 0.363 e. The smallest absolute Gasteiger partial charge is 0.269 e. The highest BCUT2D eigenvalue weighted by molar-refractivity contribution is 5.70. The molecule has 0 spiro atoms. The van der Waals surface area contributed by atoms with Crippen molar-refractivity contribution in [2.24, 2.45) is 11.8 Å². The van der Waals surface area contributed by atoms with E-state index < -0.39 is 0 Å². The second kappa shape index (κ2) is 6.06. The Morgan fingerprint density at radius 3 is 2.45 bits per heavy atom. The van der Waals surface area contributed by atoms with Crippen LogP contribution in [-0.4, -0.2) is 11.5 Å². The number of allylic oxidation sites excluding steroid dienone is 4. The lowest BCUT2D eigenvalue weighted by Gasteiger charge is -2.51. The lowest BCUT2D eigenvalue weighted by Crippen LogP contribution is -2.46. The third-order valence-corrected chi connectivity index (χ3v) is 7.44. The Kier molecular flexibility index (Phi) is 3.55. The molecule has 6 rings (SSSR count). The second-order valence-corrected chi connectivity index (χ2v) is 9.04. The lowest BCUT2D eigenvalue weighted by molar-refractivity contribution is -0.384. The first-order chi connectivity index (χ1) is 14.1. The minimum atomic E-state index is -0.309. The zero-order valence-corrected chi connectivity index (χ0v) is 16.5. The number of aryl methyl sites for hydroxylation is 1. The van der Waals surface area contributed by atoms with Crippen LogP contribution < -0.4 is 4.90 Å². The first kappa shape index (κ1) is 17.0. The summed E-state index contributed by atoms with van der Waals surface area (Å²) in [5.41, 5.74) is 7.12. The molecule has 0 amide bonds. The molecule has 0 bridgehead atoms. The van der Waals surface area contributed by atoms with Gasteiger partial charge in [0.1, 0.15) is 0 Å². The van der Waals surface area contributed by atoms with Crippen LogP contribution in [0.2, 0.25) is 0 Å². The maximum Gasteiger partial charge on any atom is 0.269 e. The molecule has 0 N–H and O–H groups in total. The highest BCUT2D eigenvalue weighted by Gasteiger charge is 2.47. The van der Waals surface area contributed by atoms with Crippen LogP contribution in [0.5, 0.6) is 0 Å². The predicted octanol–water partition coefficient (Wildman–Crippen LogP) is 5.80. The maximum atomic E-state index is 11.1. The van der Waals surface area contributed by atoms with Crippen LogP contribution in [0.4, 0.5) is 11.4 Å². The molecule has 2 aromatic rings. The fraction of sp³-hybridized carbons (Fsp3) is 0.360. The van der Waals surface area contributed by atoms with Crippen molar-refractivity contribution in [1.29, 1.82) is 0 Å². The van der Waals surface area contributed by atoms with E-state index in [1.165, 1.54) is 27.9 Å². The lowest BCUT2D eigenvalue weighted by atomic mass is 9.70. The van der Waals surface area contributed by atoms with Crippen molar-refractivity contribution in [3.8, 4) is 0 Å². The summed E-state index contributed by atoms with van der Waals surface area (Å²) in [5.74, 6) is 2.08. The summed E-state index contributed by atoms with van der Waals surface area (Å²) in [7, 11) is 0. The standard InChI is InChI=1S/C25H24N2O2/c1-15-12-22-19-5-2-4-17(19)14-26-24(16-8-10-18(11-9-16)27(28)29)21-7-3-6-20(21)23(13-15)25(22)26/h2-3,5-6,8-13,17,19-21,24H,4,7,14H2,1H3/t17-,19-,20+,21-,24+/m0/s1. The van der Waals surface area contributed by atoms with Crippen molar-refractivity contribution < 1.29 is 4.92 Å². The molecule has 0 saturated heterocycles. The molecule has 0 saturated carbocycles. The maximum absolute atomic E-state index is 11.1. The van der Waals surface area contributed by atoms with Gasteiger partial charge in [0.25, 0.3) is 5.69 Å². The number of nitro benzene ring substituents is 1. The van der Waals surface area contributed by atoms with E-state index in [0.29, 0.717) is 23.7 Å². The summed E-state index contributed by atoms with van der Waals surface area (Å²) < 4.78 is 0. The third kappa shape index (κ3) is 2.38. The summed E-state index contributed by atoms with van der Waals surface area (Å²) in [5, 5.41) is 11.1. The van der Waals surface area contributed by atoms with Crippen molar-refractivity contribution in [3.63, 3.8) is 0 Å². The van der Waals surface area contributed by atoms with Crippen molar-refractivity contribution in [2.45, 2.75) is 37.6 Å². The summed E-state index contributed by atoms with van der Waals surface area (Å²) >= 11 is 0. The average Bonchev–Trinajstić information content (AvgIpc) is 3.37. The van der Waals surface area contributed by atoms with E-state index in [4.69, 9.17) is 0 Å². The van der Waals surface area contributed by atoms with Gasteiger partial charge in [-0.3, -0.25) is 10.1 Å². The molecule has 0 fully saturated rings. The van der Waals surface area contributed by atoms with Crippen molar-refractivity contribution in [3.05, 3.63) is 93.1 Å². The Morgan fingerprint density at radius 2 is 1.69 bits per heavy atom. The number of nitrogens with zero attached hydrogens (tertiary/aromatic N) is 2. The average molecular weight is 384 g/mol. The number of non-ortho nitro benzene ring substituents is 1. The SMILES string of the molecule is Cc1cc2c3c(c1)[C@@H]1C=CC[C@@H]1[C@@H](c1ccc([N+](=O)[O-])cc1)N3C[C@@H]1CC=C[C@H]21. The Bertz CT molecular complexity index is 1050. The summed E-state index contributed by atoms with van der Waals surface area (Å²) in [6, 6.07) is 12.4. The number of anilines is 1. The quantitative estimate of drug-likeness (QED) is 0.374. The van der Waals surface area contributed by atoms with Crippen LogP contribution in [0.25, 0.3) is 0 Å². The molecule has 146 valence electrons. The van der Waals surface area contributed by atoms with E-state index in [9.17, 15) is 10.1 Å². The number of nitro groups is 1. The molecule has 4 aliphatic rings. The molecule has 2 aliphatic heterocycles. The van der Waals surface area contributed by atoms with Gasteiger partial charge in [-0.2, -0.15) is 0 Å². The van der Waals surface area contributed by atoms with Crippen LogP contribution >= 0.6 is 0 Å². The summed E-state index contributed by atoms with van der Waals surface area (Å²) in [6.07, 6.45) is 11.7. The first-order valence-corrected chi connectivity index (χ1v) is 10.6. The van der Waals surface area contributed by atoms with Gasteiger partial charge in [-0.05, 0) is 48.3 Å². The molecule has 4 nitrogen and oxygen atoms in total. The van der Waals surface area contributed by atoms with Crippen LogP contribution in [0.1, 0.15) is 53.0 Å². The molecule has 5 atom stereocenters. The fourth-order valence-corrected chi connectivity index (χ4v) is 6.30. The zero-order valence-electron chi connectivity index (χ0n) is 16.5. The number of hydrogen-bond acceptors (Lipinski definition) is 3. The fourth-order valence-electron chi connectivity index (χ4n) is 6.30. The van der Waals surface area contributed by atoms with Crippen LogP contribution in [0, 0.1) is 28.9 Å². The zero-order chi connectivity index (χ0) is 19.7. The molecule has 4 heteroatoms. The molecular formula is C25H24N2O2. The number of fused-ring (bicyclic) bond motifs is 4. The van der Waals surface area contributed by atoms with Gasteiger partial charge in [-0.1, -0.05) is 54.1 Å². The molecule has 29 heavy (non-hydrogen) atoms. The van der Waals surface area contributed by atoms with E-state index >= 15 is 0 Å². The van der Waals surface area contributed by atoms with Gasteiger partial charge in [-0.15, -0.1) is 0 Å². The Balaban J connectivity index is 1.54. The van der Waals surface area contributed by atoms with Crippen molar-refractivity contribution >= 4 is 11.4 Å². The molecule has 2 aromatic carbocycles. The molecule has 0 unspecified atom stereocenters. The van der Waals surface area contributed by atoms with E-state index in [1.807, 2.05) is 12.1 Å². The minimum absolute atomic E-state index is 0.168. The van der Waals surface area contributed by atoms with Gasteiger partial charge in [-0.25, -0.2) is 0 Å². The van der Waals surface area contributed by atoms with Crippen LogP contribution in [0.3, 0.4) is 0 Å². The Labute approximate surface area is 170 Å². The summed E-state index contributed by atoms with van der Waals surface area (Å²) in [6.45, 7) is 3.28. The number of hydrogen-bond donors (Lipinski definition) is 0. The highest BCUT2D eigenvalue weighted by atomic mass is 16.6. The van der Waals surface area contributed by atoms with Gasteiger partial charge in [0, 0.05) is 36.2 Å². The molecule has 2 aliphatic carbocycles. The number of benzene rings is 2. The number of rotatable bonds is 2. The topological polar surface area (TPSA) is 46.4 Å². The minimum Gasteiger partial charge on any atom is -0.363 e. The van der Waals surface area contributed by atoms with Crippen molar-refractivity contribution in [2.75, 3.05) is 11.4 Å². The molecule has 0 aromatic heterocycles. The second-order valence-electron chi connectivity index (χ2n) is 9.04. The Morgan fingerprint density at radius 1 is 1.00 bits per heavy atom. The van der Waals surface area contributed by atoms with E-state index in [-0.39, 0.29) is 16.7 Å². The first-order valence-electron chi connectivity index (χ1n) is 10.6.